The molecule has 5 heteroatoms. The van der Waals surface area contributed by atoms with Crippen molar-refractivity contribution in [2.75, 3.05) is 0 Å². The van der Waals surface area contributed by atoms with Crippen LogP contribution in [0.25, 0.3) is 0 Å². The molecular formula is C10H8ClN3O. The van der Waals surface area contributed by atoms with Crippen molar-refractivity contribution < 1.29 is 0 Å². The van der Waals surface area contributed by atoms with Crippen molar-refractivity contribution in [1.29, 1.82) is 0 Å². The summed E-state index contributed by atoms with van der Waals surface area (Å²) in [6.45, 7) is 0.411. The van der Waals surface area contributed by atoms with E-state index in [-0.39, 0.29) is 5.56 Å². The maximum Gasteiger partial charge on any atom is 0.253 e. The fraction of sp³-hybridized carbons (Fsp3) is 0.100. The van der Waals surface area contributed by atoms with Crippen LogP contribution in [-0.4, -0.2) is 14.5 Å². The molecule has 0 aliphatic rings. The molecule has 2 rings (SSSR count). The van der Waals surface area contributed by atoms with Crippen molar-refractivity contribution in [2.45, 2.75) is 6.54 Å². The van der Waals surface area contributed by atoms with Crippen LogP contribution in [-0.2, 0) is 6.54 Å². The van der Waals surface area contributed by atoms with Crippen LogP contribution in [0.1, 0.15) is 5.56 Å². The fourth-order valence-electron chi connectivity index (χ4n) is 1.21. The van der Waals surface area contributed by atoms with Gasteiger partial charge >= 0.3 is 0 Å². The smallest absolute Gasteiger partial charge is 0.253 e. The van der Waals surface area contributed by atoms with Gasteiger partial charge in [0.2, 0.25) is 0 Å². The largest absolute Gasteiger partial charge is 0.295 e. The molecule has 0 aliphatic heterocycles. The average Bonchev–Trinajstić information content (AvgIpc) is 2.24. The van der Waals surface area contributed by atoms with E-state index in [0.717, 1.165) is 5.56 Å². The zero-order chi connectivity index (χ0) is 10.7. The lowest BCUT2D eigenvalue weighted by Crippen LogP contribution is -2.19. The first-order valence-electron chi connectivity index (χ1n) is 4.36. The van der Waals surface area contributed by atoms with E-state index in [1.54, 1.807) is 18.5 Å². The molecule has 0 N–H and O–H groups in total. The highest BCUT2D eigenvalue weighted by atomic mass is 35.5. The highest BCUT2D eigenvalue weighted by Crippen LogP contribution is 2.13. The molecule has 2 aromatic rings. The molecular weight excluding hydrogens is 214 g/mol. The van der Waals surface area contributed by atoms with Crippen LogP contribution in [0.3, 0.4) is 0 Å². The van der Waals surface area contributed by atoms with Gasteiger partial charge in [-0.25, -0.2) is 4.98 Å². The maximum atomic E-state index is 11.4. The molecule has 0 unspecified atom stereocenters. The highest BCUT2D eigenvalue weighted by Gasteiger charge is 2.01. The number of nitrogens with zero attached hydrogens (tertiary/aromatic N) is 3. The number of rotatable bonds is 2. The van der Waals surface area contributed by atoms with Gasteiger partial charge < -0.3 is 0 Å². The summed E-state index contributed by atoms with van der Waals surface area (Å²) in [5.41, 5.74) is 0.750. The molecule has 0 aromatic carbocycles. The predicted molar refractivity (Wildman–Crippen MR) is 56.8 cm³/mol. The Morgan fingerprint density at radius 2 is 2.07 bits per heavy atom. The number of hydrogen-bond donors (Lipinski definition) is 0. The van der Waals surface area contributed by atoms with Crippen LogP contribution in [0.2, 0.25) is 5.02 Å². The number of halogens is 1. The van der Waals surface area contributed by atoms with Crippen molar-refractivity contribution >= 4 is 11.6 Å². The molecule has 0 amide bonds. The normalized spacial score (nSPS) is 10.2. The van der Waals surface area contributed by atoms with Crippen LogP contribution < -0.4 is 5.56 Å². The van der Waals surface area contributed by atoms with Gasteiger partial charge in [0.05, 0.1) is 17.9 Å². The maximum absolute atomic E-state index is 11.4. The Morgan fingerprint density at radius 3 is 2.80 bits per heavy atom. The van der Waals surface area contributed by atoms with E-state index in [2.05, 4.69) is 9.97 Å². The molecule has 2 heterocycles. The number of pyridine rings is 1. The van der Waals surface area contributed by atoms with E-state index in [4.69, 9.17) is 11.6 Å². The van der Waals surface area contributed by atoms with Crippen molar-refractivity contribution in [2.24, 2.45) is 0 Å². The van der Waals surface area contributed by atoms with Gasteiger partial charge in [-0.3, -0.25) is 14.3 Å². The predicted octanol–water partition coefficient (Wildman–Crippen LogP) is 1.34. The van der Waals surface area contributed by atoms with Crippen LogP contribution in [0.4, 0.5) is 0 Å². The fourth-order valence-corrected chi connectivity index (χ4v) is 1.39. The summed E-state index contributed by atoms with van der Waals surface area (Å²) in [4.78, 5) is 19.1. The summed E-state index contributed by atoms with van der Waals surface area (Å²) in [5.74, 6) is 0. The van der Waals surface area contributed by atoms with E-state index >= 15 is 0 Å². The summed E-state index contributed by atoms with van der Waals surface area (Å²) >= 11 is 5.93. The molecule has 2 aromatic heterocycles. The molecule has 0 spiro atoms. The Hall–Kier alpha value is -1.68. The first-order chi connectivity index (χ1) is 7.27. The highest BCUT2D eigenvalue weighted by molar-refractivity contribution is 6.31. The van der Waals surface area contributed by atoms with Gasteiger partial charge in [-0.2, -0.15) is 0 Å². The van der Waals surface area contributed by atoms with Gasteiger partial charge in [0, 0.05) is 24.7 Å². The third-order valence-corrected chi connectivity index (χ3v) is 2.33. The molecule has 0 bridgehead atoms. The first kappa shape index (κ1) is 9.86. The third kappa shape index (κ3) is 2.22. The quantitative estimate of drug-likeness (QED) is 0.769. The minimum absolute atomic E-state index is 0.0992. The van der Waals surface area contributed by atoms with E-state index in [1.165, 1.54) is 23.2 Å². The summed E-state index contributed by atoms with van der Waals surface area (Å²) < 4.78 is 1.49. The Bertz CT molecular complexity index is 524. The average molecular weight is 222 g/mol. The van der Waals surface area contributed by atoms with E-state index in [1.807, 2.05) is 0 Å². The number of aromatic nitrogens is 3. The van der Waals surface area contributed by atoms with E-state index in [9.17, 15) is 4.79 Å². The lowest BCUT2D eigenvalue weighted by molar-refractivity contribution is 0.735. The molecule has 0 radical (unpaired) electrons. The van der Waals surface area contributed by atoms with E-state index < -0.39 is 0 Å². The summed E-state index contributed by atoms with van der Waals surface area (Å²) in [6, 6.07) is 3.19. The summed E-state index contributed by atoms with van der Waals surface area (Å²) in [5, 5.41) is 0.549. The van der Waals surface area contributed by atoms with Crippen LogP contribution in [0, 0.1) is 0 Å². The molecule has 4 nitrogen and oxygen atoms in total. The second-order valence-corrected chi connectivity index (χ2v) is 3.42. The molecule has 15 heavy (non-hydrogen) atoms. The van der Waals surface area contributed by atoms with Crippen molar-refractivity contribution in [3.63, 3.8) is 0 Å². The summed E-state index contributed by atoms with van der Waals surface area (Å²) in [7, 11) is 0. The molecule has 0 saturated carbocycles. The van der Waals surface area contributed by atoms with Crippen LogP contribution >= 0.6 is 11.6 Å². The molecule has 0 fully saturated rings. The molecule has 76 valence electrons. The molecule has 0 saturated heterocycles. The lowest BCUT2D eigenvalue weighted by Gasteiger charge is -2.05. The summed E-state index contributed by atoms with van der Waals surface area (Å²) in [6.07, 6.45) is 6.15. The first-order valence-corrected chi connectivity index (χ1v) is 4.74. The minimum Gasteiger partial charge on any atom is -0.295 e. The van der Waals surface area contributed by atoms with E-state index in [0.29, 0.717) is 11.6 Å². The Balaban J connectivity index is 2.34. The second-order valence-electron chi connectivity index (χ2n) is 3.01. The zero-order valence-electron chi connectivity index (χ0n) is 7.80. The van der Waals surface area contributed by atoms with Gasteiger partial charge in [-0.15, -0.1) is 0 Å². The van der Waals surface area contributed by atoms with Crippen molar-refractivity contribution in [1.82, 2.24) is 14.5 Å². The minimum atomic E-state index is -0.0992. The van der Waals surface area contributed by atoms with Gasteiger partial charge in [0.15, 0.2) is 0 Å². The second kappa shape index (κ2) is 4.23. The monoisotopic (exact) mass is 221 g/mol. The Kier molecular flexibility index (Phi) is 2.78. The SMILES string of the molecule is O=c1ccncn1Cc1ccncc1Cl. The van der Waals surface area contributed by atoms with Crippen molar-refractivity contribution in [3.8, 4) is 0 Å². The van der Waals surface area contributed by atoms with Gasteiger partial charge in [-0.1, -0.05) is 11.6 Å². The Morgan fingerprint density at radius 1 is 1.27 bits per heavy atom. The molecule has 0 atom stereocenters. The van der Waals surface area contributed by atoms with Crippen molar-refractivity contribution in [3.05, 3.63) is 58.0 Å². The standard InChI is InChI=1S/C10H8ClN3O/c11-9-5-12-3-1-8(9)6-14-7-13-4-2-10(14)15/h1-5,7H,6H2. The number of hydrogen-bond acceptors (Lipinski definition) is 3. The molecule has 0 aliphatic carbocycles. The zero-order valence-corrected chi connectivity index (χ0v) is 8.55. The topological polar surface area (TPSA) is 47.8 Å². The van der Waals surface area contributed by atoms with Gasteiger partial charge in [-0.05, 0) is 11.6 Å². The Labute approximate surface area is 91.2 Å². The van der Waals surface area contributed by atoms with Gasteiger partial charge in [0.1, 0.15) is 0 Å². The van der Waals surface area contributed by atoms with Crippen LogP contribution in [0.15, 0.2) is 41.8 Å². The van der Waals surface area contributed by atoms with Crippen LogP contribution in [0.5, 0.6) is 0 Å². The van der Waals surface area contributed by atoms with Gasteiger partial charge in [0.25, 0.3) is 5.56 Å². The lowest BCUT2D eigenvalue weighted by atomic mass is 10.2. The third-order valence-electron chi connectivity index (χ3n) is 1.99.